The molecule has 0 aliphatic carbocycles. The molecule has 8 heteroatoms. The summed E-state index contributed by atoms with van der Waals surface area (Å²) < 4.78 is 27.8. The SMILES string of the molecule is Nc1cc(Cl)cc(-c2nnnn2-c2cc(F)cc(F)c2)c1. The fourth-order valence-electron chi connectivity index (χ4n) is 1.94. The summed E-state index contributed by atoms with van der Waals surface area (Å²) in [6, 6.07) is 7.80. The molecule has 3 aromatic rings. The molecule has 0 amide bonds. The van der Waals surface area contributed by atoms with Crippen LogP contribution in [0.4, 0.5) is 14.5 Å². The van der Waals surface area contributed by atoms with Gasteiger partial charge in [0.15, 0.2) is 5.82 Å². The van der Waals surface area contributed by atoms with Crippen LogP contribution in [0.15, 0.2) is 36.4 Å². The Morgan fingerprint density at radius 1 is 1.00 bits per heavy atom. The van der Waals surface area contributed by atoms with E-state index in [1.165, 1.54) is 4.68 Å². The molecule has 0 saturated heterocycles. The molecule has 2 aromatic carbocycles. The molecule has 0 radical (unpaired) electrons. The predicted octanol–water partition coefficient (Wildman–Crippen LogP) is 2.84. The van der Waals surface area contributed by atoms with Crippen molar-refractivity contribution in [1.82, 2.24) is 20.2 Å². The lowest BCUT2D eigenvalue weighted by atomic mass is 10.2. The van der Waals surface area contributed by atoms with Gasteiger partial charge in [0.25, 0.3) is 0 Å². The average molecular weight is 308 g/mol. The molecule has 5 nitrogen and oxygen atoms in total. The number of anilines is 1. The van der Waals surface area contributed by atoms with Crippen LogP contribution in [0.2, 0.25) is 5.02 Å². The first-order chi connectivity index (χ1) is 10.0. The highest BCUT2D eigenvalue weighted by molar-refractivity contribution is 6.31. The van der Waals surface area contributed by atoms with Gasteiger partial charge in [-0.15, -0.1) is 5.10 Å². The number of halogens is 3. The number of nitrogens with zero attached hydrogens (tertiary/aromatic N) is 4. The first-order valence-electron chi connectivity index (χ1n) is 5.84. The first kappa shape index (κ1) is 13.4. The summed E-state index contributed by atoms with van der Waals surface area (Å²) in [5.41, 5.74) is 6.84. The zero-order chi connectivity index (χ0) is 15.0. The van der Waals surface area contributed by atoms with E-state index in [4.69, 9.17) is 17.3 Å². The number of nitrogen functional groups attached to an aromatic ring is 1. The standard InChI is InChI=1S/C13H8ClF2N5/c14-8-1-7(2-11(17)3-8)13-18-19-20-21(13)12-5-9(15)4-10(16)6-12/h1-6H,17H2. The second-order valence-corrected chi connectivity index (χ2v) is 4.75. The van der Waals surface area contributed by atoms with Gasteiger partial charge in [0.2, 0.25) is 0 Å². The third kappa shape index (κ3) is 2.68. The molecule has 0 spiro atoms. The number of tetrazole rings is 1. The zero-order valence-corrected chi connectivity index (χ0v) is 11.2. The van der Waals surface area contributed by atoms with Crippen LogP contribution in [0.25, 0.3) is 17.1 Å². The van der Waals surface area contributed by atoms with Crippen molar-refractivity contribution in [2.75, 3.05) is 5.73 Å². The molecule has 21 heavy (non-hydrogen) atoms. The van der Waals surface area contributed by atoms with Crippen LogP contribution in [0.5, 0.6) is 0 Å². The Morgan fingerprint density at radius 3 is 2.38 bits per heavy atom. The second kappa shape index (κ2) is 5.10. The molecule has 3 rings (SSSR count). The molecule has 0 atom stereocenters. The van der Waals surface area contributed by atoms with Crippen LogP contribution in [0.1, 0.15) is 0 Å². The number of aromatic nitrogens is 4. The highest BCUT2D eigenvalue weighted by Crippen LogP contribution is 2.26. The monoisotopic (exact) mass is 307 g/mol. The highest BCUT2D eigenvalue weighted by Gasteiger charge is 2.13. The maximum Gasteiger partial charge on any atom is 0.187 e. The molecular weight excluding hydrogens is 300 g/mol. The molecule has 106 valence electrons. The van der Waals surface area contributed by atoms with E-state index in [0.717, 1.165) is 18.2 Å². The molecular formula is C13H8ClF2N5. The third-order valence-corrected chi connectivity index (χ3v) is 2.96. The van der Waals surface area contributed by atoms with Crippen molar-refractivity contribution >= 4 is 17.3 Å². The molecule has 0 bridgehead atoms. The molecule has 0 aliphatic heterocycles. The maximum atomic E-state index is 13.3. The van der Waals surface area contributed by atoms with Crippen LogP contribution >= 0.6 is 11.6 Å². The summed E-state index contributed by atoms with van der Waals surface area (Å²) in [5.74, 6) is -1.18. The van der Waals surface area contributed by atoms with Crippen molar-refractivity contribution in [3.63, 3.8) is 0 Å². The minimum Gasteiger partial charge on any atom is -0.399 e. The number of benzene rings is 2. The fourth-order valence-corrected chi connectivity index (χ4v) is 2.19. The largest absolute Gasteiger partial charge is 0.399 e. The quantitative estimate of drug-likeness (QED) is 0.739. The van der Waals surface area contributed by atoms with Crippen LogP contribution in [0, 0.1) is 11.6 Å². The number of rotatable bonds is 2. The van der Waals surface area contributed by atoms with Gasteiger partial charge in [0, 0.05) is 22.3 Å². The molecule has 0 saturated carbocycles. The van der Waals surface area contributed by atoms with E-state index in [-0.39, 0.29) is 11.5 Å². The van der Waals surface area contributed by atoms with Crippen LogP contribution in [0.3, 0.4) is 0 Å². The number of nitrogens with two attached hydrogens (primary N) is 1. The van der Waals surface area contributed by atoms with Gasteiger partial charge in [-0.05, 0) is 40.8 Å². The Bertz CT molecular complexity index is 712. The minimum atomic E-state index is -0.725. The van der Waals surface area contributed by atoms with Crippen molar-refractivity contribution in [2.45, 2.75) is 0 Å². The lowest BCUT2D eigenvalue weighted by molar-refractivity contribution is 0.579. The van der Waals surface area contributed by atoms with E-state index < -0.39 is 11.6 Å². The van der Waals surface area contributed by atoms with Crippen molar-refractivity contribution in [3.05, 3.63) is 53.1 Å². The Morgan fingerprint density at radius 2 is 1.71 bits per heavy atom. The lowest BCUT2D eigenvalue weighted by Crippen LogP contribution is -2.01. The van der Waals surface area contributed by atoms with Gasteiger partial charge in [-0.3, -0.25) is 0 Å². The topological polar surface area (TPSA) is 69.6 Å². The van der Waals surface area contributed by atoms with Gasteiger partial charge < -0.3 is 5.73 Å². The smallest absolute Gasteiger partial charge is 0.187 e. The molecule has 1 heterocycles. The molecule has 2 N–H and O–H groups in total. The molecule has 0 fully saturated rings. The molecule has 0 unspecified atom stereocenters. The summed E-state index contributed by atoms with van der Waals surface area (Å²) in [4.78, 5) is 0. The van der Waals surface area contributed by atoms with E-state index in [2.05, 4.69) is 15.5 Å². The van der Waals surface area contributed by atoms with Crippen molar-refractivity contribution in [3.8, 4) is 17.1 Å². The van der Waals surface area contributed by atoms with E-state index in [1.807, 2.05) is 0 Å². The maximum absolute atomic E-state index is 13.3. The Hall–Kier alpha value is -2.54. The van der Waals surface area contributed by atoms with Gasteiger partial charge in [-0.2, -0.15) is 4.68 Å². The zero-order valence-electron chi connectivity index (χ0n) is 10.5. The van der Waals surface area contributed by atoms with Gasteiger partial charge in [0.05, 0.1) is 5.69 Å². The fraction of sp³-hybridized carbons (Fsp3) is 0. The third-order valence-electron chi connectivity index (χ3n) is 2.74. The van der Waals surface area contributed by atoms with Crippen LogP contribution in [-0.2, 0) is 0 Å². The normalized spacial score (nSPS) is 10.8. The van der Waals surface area contributed by atoms with E-state index in [1.54, 1.807) is 18.2 Å². The van der Waals surface area contributed by atoms with Gasteiger partial charge in [-0.25, -0.2) is 8.78 Å². The summed E-state index contributed by atoms with van der Waals surface area (Å²) >= 11 is 5.94. The minimum absolute atomic E-state index is 0.158. The van der Waals surface area contributed by atoms with Crippen LogP contribution in [-0.4, -0.2) is 20.2 Å². The first-order valence-corrected chi connectivity index (χ1v) is 6.22. The van der Waals surface area contributed by atoms with Gasteiger partial charge in [-0.1, -0.05) is 11.6 Å². The second-order valence-electron chi connectivity index (χ2n) is 4.32. The average Bonchev–Trinajstić information content (AvgIpc) is 2.85. The van der Waals surface area contributed by atoms with Crippen molar-refractivity contribution < 1.29 is 8.78 Å². The van der Waals surface area contributed by atoms with Crippen molar-refractivity contribution in [2.24, 2.45) is 0 Å². The summed E-state index contributed by atoms with van der Waals surface area (Å²) in [7, 11) is 0. The summed E-state index contributed by atoms with van der Waals surface area (Å²) in [6.07, 6.45) is 0. The molecule has 1 aromatic heterocycles. The summed E-state index contributed by atoms with van der Waals surface area (Å²) in [6.45, 7) is 0. The van der Waals surface area contributed by atoms with Crippen molar-refractivity contribution in [1.29, 1.82) is 0 Å². The predicted molar refractivity (Wildman–Crippen MR) is 73.9 cm³/mol. The number of hydrogen-bond acceptors (Lipinski definition) is 4. The Kier molecular flexibility index (Phi) is 3.26. The van der Waals surface area contributed by atoms with Gasteiger partial charge in [0.1, 0.15) is 11.6 Å². The lowest BCUT2D eigenvalue weighted by Gasteiger charge is -2.06. The highest BCUT2D eigenvalue weighted by atomic mass is 35.5. The van der Waals surface area contributed by atoms with E-state index in [0.29, 0.717) is 16.3 Å². The number of hydrogen-bond donors (Lipinski definition) is 1. The molecule has 0 aliphatic rings. The van der Waals surface area contributed by atoms with Gasteiger partial charge >= 0.3 is 0 Å². The Balaban J connectivity index is 2.16. The Labute approximate surface area is 123 Å². The summed E-state index contributed by atoms with van der Waals surface area (Å²) in [5, 5.41) is 11.5. The van der Waals surface area contributed by atoms with Crippen LogP contribution < -0.4 is 5.73 Å². The van der Waals surface area contributed by atoms with E-state index >= 15 is 0 Å². The van der Waals surface area contributed by atoms with E-state index in [9.17, 15) is 8.78 Å².